The summed E-state index contributed by atoms with van der Waals surface area (Å²) in [6.07, 6.45) is -2.02. The van der Waals surface area contributed by atoms with Crippen LogP contribution in [0.25, 0.3) is 0 Å². The quantitative estimate of drug-likeness (QED) is 0.409. The summed E-state index contributed by atoms with van der Waals surface area (Å²) in [5.41, 5.74) is 0.405. The van der Waals surface area contributed by atoms with Gasteiger partial charge in [0.2, 0.25) is 5.91 Å². The molecule has 2 aliphatic rings. The number of nitrogens with one attached hydrogen (secondary N) is 2. The van der Waals surface area contributed by atoms with Crippen LogP contribution in [0.4, 0.5) is 18.9 Å². The number of aliphatic hydroxyl groups excluding tert-OH is 2. The fourth-order valence-electron chi connectivity index (χ4n) is 3.72. The average Bonchev–Trinajstić information content (AvgIpc) is 2.99. The van der Waals surface area contributed by atoms with Crippen molar-refractivity contribution >= 4 is 28.9 Å². The van der Waals surface area contributed by atoms with Gasteiger partial charge in [0.15, 0.2) is 5.11 Å². The van der Waals surface area contributed by atoms with E-state index in [0.29, 0.717) is 5.69 Å². The maximum atomic E-state index is 12.6. The minimum atomic E-state index is -4.82. The van der Waals surface area contributed by atoms with Gasteiger partial charge in [-0.1, -0.05) is 5.92 Å². The van der Waals surface area contributed by atoms with Gasteiger partial charge in [-0.25, -0.2) is 0 Å². The van der Waals surface area contributed by atoms with Crippen LogP contribution in [0.1, 0.15) is 6.42 Å². The molecule has 0 spiro atoms. The third-order valence-corrected chi connectivity index (χ3v) is 5.21. The Bertz CT molecular complexity index is 827. The first-order valence-electron chi connectivity index (χ1n) is 8.65. The third kappa shape index (κ3) is 4.39. The van der Waals surface area contributed by atoms with E-state index in [-0.39, 0.29) is 18.1 Å². The minimum Gasteiger partial charge on any atom is -0.406 e. The summed E-state index contributed by atoms with van der Waals surface area (Å²) < 4.78 is 41.0. The van der Waals surface area contributed by atoms with Crippen LogP contribution in [0.3, 0.4) is 0 Å². The topological polar surface area (TPSA) is 94.1 Å². The lowest BCUT2D eigenvalue weighted by molar-refractivity contribution is -0.274. The van der Waals surface area contributed by atoms with Crippen molar-refractivity contribution < 1.29 is 32.9 Å². The molecule has 11 heteroatoms. The smallest absolute Gasteiger partial charge is 0.406 e. The van der Waals surface area contributed by atoms with E-state index in [0.717, 1.165) is 12.1 Å². The number of amides is 1. The summed E-state index contributed by atoms with van der Waals surface area (Å²) in [7, 11) is 0. The van der Waals surface area contributed by atoms with Gasteiger partial charge in [0, 0.05) is 5.69 Å². The molecule has 1 saturated heterocycles. The Labute approximate surface area is 169 Å². The summed E-state index contributed by atoms with van der Waals surface area (Å²) in [4.78, 5) is 14.2. The summed E-state index contributed by atoms with van der Waals surface area (Å²) in [6.45, 7) is -0.00722. The number of terminal acetylenes is 1. The number of benzene rings is 1. The maximum Gasteiger partial charge on any atom is 0.573 e. The molecule has 1 aromatic carbocycles. The summed E-state index contributed by atoms with van der Waals surface area (Å²) in [6, 6.07) is 3.56. The molecule has 4 N–H and O–H groups in total. The highest BCUT2D eigenvalue weighted by atomic mass is 32.1. The molecule has 1 saturated carbocycles. The maximum absolute atomic E-state index is 12.6. The number of aliphatic hydroxyl groups is 2. The molecule has 5 atom stereocenters. The number of thiocarbonyl (C=S) groups is 1. The molecule has 1 aromatic rings. The summed E-state index contributed by atoms with van der Waals surface area (Å²) in [5.74, 6) is 0.693. The zero-order chi connectivity index (χ0) is 21.3. The third-order valence-electron chi connectivity index (χ3n) is 4.89. The lowest BCUT2D eigenvalue weighted by atomic mass is 9.77. The van der Waals surface area contributed by atoms with E-state index in [9.17, 15) is 28.2 Å². The number of rotatable bonds is 4. The molecular weight excluding hydrogens is 411 g/mol. The molecule has 0 aromatic heterocycles. The molecule has 3 rings (SSSR count). The Morgan fingerprint density at radius 1 is 1.38 bits per heavy atom. The van der Waals surface area contributed by atoms with E-state index in [1.54, 1.807) is 4.90 Å². The number of hydrogen-bond donors (Lipinski definition) is 4. The van der Waals surface area contributed by atoms with Crippen molar-refractivity contribution in [3.05, 3.63) is 24.3 Å². The van der Waals surface area contributed by atoms with Gasteiger partial charge in [0.25, 0.3) is 0 Å². The van der Waals surface area contributed by atoms with Crippen LogP contribution in [-0.2, 0) is 4.79 Å². The van der Waals surface area contributed by atoms with Crippen molar-refractivity contribution in [3.8, 4) is 18.1 Å². The van der Waals surface area contributed by atoms with Crippen molar-refractivity contribution in [2.45, 2.75) is 37.1 Å². The molecule has 7 nitrogen and oxygen atoms in total. The highest BCUT2D eigenvalue weighted by Gasteiger charge is 2.53. The molecule has 2 fully saturated rings. The van der Waals surface area contributed by atoms with Crippen LogP contribution in [0.2, 0.25) is 0 Å². The van der Waals surface area contributed by atoms with Crippen molar-refractivity contribution in [1.82, 2.24) is 10.6 Å². The van der Waals surface area contributed by atoms with Crippen LogP contribution in [0.15, 0.2) is 24.3 Å². The van der Waals surface area contributed by atoms with Gasteiger partial charge in [-0.05, 0) is 42.9 Å². The molecule has 1 aliphatic carbocycles. The van der Waals surface area contributed by atoms with E-state index in [1.807, 2.05) is 0 Å². The van der Waals surface area contributed by atoms with E-state index in [2.05, 4.69) is 21.3 Å². The Morgan fingerprint density at radius 3 is 2.62 bits per heavy atom. The first-order chi connectivity index (χ1) is 13.6. The predicted octanol–water partition coefficient (Wildman–Crippen LogP) is 0.508. The fraction of sp³-hybridized carbons (Fsp3) is 0.444. The second-order valence-electron chi connectivity index (χ2n) is 6.70. The molecule has 1 aliphatic heterocycles. The van der Waals surface area contributed by atoms with Gasteiger partial charge in [0.1, 0.15) is 11.9 Å². The zero-order valence-electron chi connectivity index (χ0n) is 14.9. The minimum absolute atomic E-state index is 0.00722. The molecule has 0 unspecified atom stereocenters. The fourth-order valence-corrected chi connectivity index (χ4v) is 4.08. The largest absolute Gasteiger partial charge is 0.573 e. The zero-order valence-corrected chi connectivity index (χ0v) is 15.7. The Morgan fingerprint density at radius 2 is 2.03 bits per heavy atom. The van der Waals surface area contributed by atoms with Gasteiger partial charge in [-0.2, -0.15) is 0 Å². The van der Waals surface area contributed by atoms with E-state index < -0.39 is 48.2 Å². The Kier molecular flexibility index (Phi) is 5.88. The van der Waals surface area contributed by atoms with Crippen LogP contribution >= 0.6 is 12.2 Å². The van der Waals surface area contributed by atoms with Gasteiger partial charge < -0.3 is 30.5 Å². The number of alkyl halides is 3. The Hall–Kier alpha value is -2.55. The standard InChI is InChI=1S/C18H18F3N3O4S/c1-2-7-22-16(27)11-8-12(25)15(26)13-14(11)24(17(29)23-13)9-3-5-10(6-4-9)28-18(19,20)21/h1,3-6,11-15,25-26H,7-8H2,(H,22,27)(H,23,29)/t11-,12-,13-,14-,15+/m1/s1. The predicted molar refractivity (Wildman–Crippen MR) is 101 cm³/mol. The second kappa shape index (κ2) is 8.06. The number of nitrogens with zero attached hydrogens (tertiary/aromatic N) is 1. The monoisotopic (exact) mass is 429 g/mol. The van der Waals surface area contributed by atoms with Crippen molar-refractivity contribution in [1.29, 1.82) is 0 Å². The van der Waals surface area contributed by atoms with Crippen molar-refractivity contribution in [2.75, 3.05) is 11.4 Å². The first kappa shape index (κ1) is 21.2. The lowest BCUT2D eigenvalue weighted by Crippen LogP contribution is -2.61. The molecule has 0 bridgehead atoms. The summed E-state index contributed by atoms with van der Waals surface area (Å²) in [5, 5.41) is 26.2. The Balaban J connectivity index is 1.90. The number of carbonyl (C=O) groups excluding carboxylic acids is 1. The number of fused-ring (bicyclic) bond motifs is 1. The normalized spacial score (nSPS) is 28.9. The summed E-state index contributed by atoms with van der Waals surface area (Å²) >= 11 is 5.32. The van der Waals surface area contributed by atoms with Crippen LogP contribution in [0.5, 0.6) is 5.75 Å². The van der Waals surface area contributed by atoms with Gasteiger partial charge in [-0.3, -0.25) is 4.79 Å². The van der Waals surface area contributed by atoms with Crippen LogP contribution < -0.4 is 20.3 Å². The first-order valence-corrected chi connectivity index (χ1v) is 9.06. The average molecular weight is 429 g/mol. The number of hydrogen-bond acceptors (Lipinski definition) is 5. The molecule has 29 heavy (non-hydrogen) atoms. The van der Waals surface area contributed by atoms with Crippen molar-refractivity contribution in [2.24, 2.45) is 5.92 Å². The van der Waals surface area contributed by atoms with E-state index in [4.69, 9.17) is 18.6 Å². The molecule has 0 radical (unpaired) electrons. The molecule has 156 valence electrons. The van der Waals surface area contributed by atoms with Crippen LogP contribution in [0, 0.1) is 18.3 Å². The number of carbonyl (C=O) groups is 1. The highest BCUT2D eigenvalue weighted by Crippen LogP contribution is 2.37. The highest BCUT2D eigenvalue weighted by molar-refractivity contribution is 7.80. The van der Waals surface area contributed by atoms with E-state index in [1.165, 1.54) is 12.1 Å². The SMILES string of the molecule is C#CCNC(=O)[C@@H]1C[C@@H](O)[C@H](O)[C@@H]2NC(=S)N(c3ccc(OC(F)(F)F)cc3)[C@@H]21. The lowest BCUT2D eigenvalue weighted by Gasteiger charge is -2.41. The number of halogens is 3. The van der Waals surface area contributed by atoms with Gasteiger partial charge >= 0.3 is 6.36 Å². The molecule has 1 heterocycles. The van der Waals surface area contributed by atoms with Gasteiger partial charge in [-0.15, -0.1) is 19.6 Å². The molecule has 1 amide bonds. The van der Waals surface area contributed by atoms with E-state index >= 15 is 0 Å². The number of ether oxygens (including phenoxy) is 1. The number of anilines is 1. The van der Waals surface area contributed by atoms with Crippen molar-refractivity contribution in [3.63, 3.8) is 0 Å². The second-order valence-corrected chi connectivity index (χ2v) is 7.09. The molecular formula is C18H18F3N3O4S. The van der Waals surface area contributed by atoms with Crippen LogP contribution in [-0.4, -0.2) is 58.4 Å². The van der Waals surface area contributed by atoms with Gasteiger partial charge in [0.05, 0.1) is 30.7 Å².